The number of benzene rings is 1. The van der Waals surface area contributed by atoms with Gasteiger partial charge in [0.05, 0.1) is 0 Å². The Hall–Kier alpha value is -1.44. The molecule has 0 aliphatic heterocycles. The van der Waals surface area contributed by atoms with Crippen molar-refractivity contribution >= 4 is 0 Å². The molecule has 0 unspecified atom stereocenters. The maximum absolute atomic E-state index is 14.8. The largest absolute Gasteiger partial charge is 0.203 e. The van der Waals surface area contributed by atoms with Gasteiger partial charge in [-0.2, -0.15) is 0 Å². The van der Waals surface area contributed by atoms with Crippen molar-refractivity contribution in [2.24, 2.45) is 17.8 Å². The summed E-state index contributed by atoms with van der Waals surface area (Å²) in [4.78, 5) is 0. The lowest BCUT2D eigenvalue weighted by molar-refractivity contribution is 0.302. The quantitative estimate of drug-likeness (QED) is 0.372. The highest BCUT2D eigenvalue weighted by Gasteiger charge is 2.26. The Bertz CT molecular complexity index is 702. The summed E-state index contributed by atoms with van der Waals surface area (Å²) in [7, 11) is 0. The van der Waals surface area contributed by atoms with Crippen molar-refractivity contribution in [3.63, 3.8) is 0 Å². The molecule has 2 aliphatic rings. The van der Waals surface area contributed by atoms with Crippen molar-refractivity contribution < 1.29 is 8.78 Å². The van der Waals surface area contributed by atoms with Gasteiger partial charge < -0.3 is 0 Å². The summed E-state index contributed by atoms with van der Waals surface area (Å²) in [6, 6.07) is 3.70. The van der Waals surface area contributed by atoms with Gasteiger partial charge in [-0.05, 0) is 106 Å². The highest BCUT2D eigenvalue weighted by atomic mass is 19.2. The highest BCUT2D eigenvalue weighted by molar-refractivity contribution is 5.29. The van der Waals surface area contributed by atoms with E-state index in [1.54, 1.807) is 0 Å². The molecule has 0 atom stereocenters. The van der Waals surface area contributed by atoms with Gasteiger partial charge in [-0.3, -0.25) is 0 Å². The number of halogens is 2. The van der Waals surface area contributed by atoms with Crippen LogP contribution in [0, 0.1) is 29.4 Å². The SMILES string of the molecule is C/C=C/C1CCC(/C=C/CCc2ccc(C3CCC(CCC)CC3)c(F)c2F)CC1. The van der Waals surface area contributed by atoms with Crippen LogP contribution in [0.3, 0.4) is 0 Å². The van der Waals surface area contributed by atoms with E-state index in [9.17, 15) is 8.78 Å². The molecular formula is C28H40F2. The molecule has 0 N–H and O–H groups in total. The molecule has 0 amide bonds. The highest BCUT2D eigenvalue weighted by Crippen LogP contribution is 2.39. The van der Waals surface area contributed by atoms with Gasteiger partial charge in [-0.1, -0.05) is 56.2 Å². The van der Waals surface area contributed by atoms with E-state index < -0.39 is 11.6 Å². The second kappa shape index (κ2) is 11.8. The summed E-state index contributed by atoms with van der Waals surface area (Å²) in [6.45, 7) is 4.32. The molecule has 0 nitrogen and oxygen atoms in total. The number of aryl methyl sites for hydroxylation is 1. The fourth-order valence-corrected chi connectivity index (χ4v) is 5.61. The lowest BCUT2D eigenvalue weighted by atomic mass is 9.77. The van der Waals surface area contributed by atoms with Gasteiger partial charge >= 0.3 is 0 Å². The molecule has 3 rings (SSSR count). The van der Waals surface area contributed by atoms with E-state index in [-0.39, 0.29) is 5.92 Å². The summed E-state index contributed by atoms with van der Waals surface area (Å²) in [6.07, 6.45) is 22.2. The van der Waals surface area contributed by atoms with Crippen LogP contribution < -0.4 is 0 Å². The van der Waals surface area contributed by atoms with E-state index in [0.717, 1.165) is 43.9 Å². The zero-order chi connectivity index (χ0) is 21.3. The maximum atomic E-state index is 14.8. The Morgan fingerprint density at radius 1 is 0.867 bits per heavy atom. The lowest BCUT2D eigenvalue weighted by Gasteiger charge is -2.29. The summed E-state index contributed by atoms with van der Waals surface area (Å²) in [5.74, 6) is 1.18. The maximum Gasteiger partial charge on any atom is 0.162 e. The Balaban J connectivity index is 1.49. The van der Waals surface area contributed by atoms with Gasteiger partial charge in [-0.15, -0.1) is 0 Å². The van der Waals surface area contributed by atoms with Crippen LogP contribution in [-0.2, 0) is 6.42 Å². The second-order valence-corrected chi connectivity index (χ2v) is 9.62. The second-order valence-electron chi connectivity index (χ2n) is 9.62. The Kier molecular flexibility index (Phi) is 9.15. The van der Waals surface area contributed by atoms with Crippen molar-refractivity contribution in [1.82, 2.24) is 0 Å². The van der Waals surface area contributed by atoms with Crippen LogP contribution in [0.15, 0.2) is 36.4 Å². The number of rotatable bonds is 8. The van der Waals surface area contributed by atoms with Crippen molar-refractivity contribution in [1.29, 1.82) is 0 Å². The molecule has 1 aromatic carbocycles. The summed E-state index contributed by atoms with van der Waals surface area (Å²) < 4.78 is 29.5. The number of hydrogen-bond donors (Lipinski definition) is 0. The van der Waals surface area contributed by atoms with E-state index in [4.69, 9.17) is 0 Å². The van der Waals surface area contributed by atoms with Crippen LogP contribution in [-0.4, -0.2) is 0 Å². The third-order valence-electron chi connectivity index (χ3n) is 7.45. The van der Waals surface area contributed by atoms with E-state index >= 15 is 0 Å². The van der Waals surface area contributed by atoms with Crippen LogP contribution in [0.2, 0.25) is 0 Å². The molecule has 2 fully saturated rings. The molecule has 166 valence electrons. The van der Waals surface area contributed by atoms with E-state index in [1.807, 2.05) is 12.1 Å². The van der Waals surface area contributed by atoms with Gasteiger partial charge in [0.2, 0.25) is 0 Å². The molecule has 0 aromatic heterocycles. The van der Waals surface area contributed by atoms with Crippen LogP contribution in [0.5, 0.6) is 0 Å². The summed E-state index contributed by atoms with van der Waals surface area (Å²) in [5, 5.41) is 0. The monoisotopic (exact) mass is 414 g/mol. The van der Waals surface area contributed by atoms with E-state index in [0.29, 0.717) is 23.5 Å². The molecule has 0 heterocycles. The van der Waals surface area contributed by atoms with Crippen molar-refractivity contribution in [3.8, 4) is 0 Å². The molecule has 0 saturated heterocycles. The first kappa shape index (κ1) is 23.2. The Morgan fingerprint density at radius 3 is 2.17 bits per heavy atom. The zero-order valence-corrected chi connectivity index (χ0v) is 19.0. The molecule has 0 spiro atoms. The summed E-state index contributed by atoms with van der Waals surface area (Å²) in [5.41, 5.74) is 1.14. The zero-order valence-electron chi connectivity index (χ0n) is 19.0. The molecule has 2 saturated carbocycles. The molecule has 0 bridgehead atoms. The fraction of sp³-hybridized carbons (Fsp3) is 0.643. The Morgan fingerprint density at radius 2 is 1.53 bits per heavy atom. The predicted molar refractivity (Wildman–Crippen MR) is 124 cm³/mol. The normalized spacial score (nSPS) is 27.9. The topological polar surface area (TPSA) is 0 Å². The lowest BCUT2D eigenvalue weighted by Crippen LogP contribution is -2.15. The van der Waals surface area contributed by atoms with Gasteiger partial charge in [0.1, 0.15) is 0 Å². The van der Waals surface area contributed by atoms with Crippen molar-refractivity contribution in [2.45, 2.75) is 96.8 Å². The molecule has 2 aliphatic carbocycles. The average molecular weight is 415 g/mol. The van der Waals surface area contributed by atoms with Crippen LogP contribution in [0.1, 0.15) is 102 Å². The van der Waals surface area contributed by atoms with E-state index in [2.05, 4.69) is 38.2 Å². The minimum Gasteiger partial charge on any atom is -0.203 e. The first-order valence-corrected chi connectivity index (χ1v) is 12.4. The fourth-order valence-electron chi connectivity index (χ4n) is 5.61. The van der Waals surface area contributed by atoms with Gasteiger partial charge in [-0.25, -0.2) is 8.78 Å². The number of allylic oxidation sites excluding steroid dienone is 4. The Labute approximate surface area is 182 Å². The van der Waals surface area contributed by atoms with Crippen LogP contribution in [0.25, 0.3) is 0 Å². The van der Waals surface area contributed by atoms with Crippen molar-refractivity contribution in [2.75, 3.05) is 0 Å². The molecular weight excluding hydrogens is 374 g/mol. The minimum absolute atomic E-state index is 0.194. The van der Waals surface area contributed by atoms with Gasteiger partial charge in [0, 0.05) is 0 Å². The minimum atomic E-state index is -0.608. The smallest absolute Gasteiger partial charge is 0.162 e. The van der Waals surface area contributed by atoms with Crippen LogP contribution in [0.4, 0.5) is 8.78 Å². The standard InChI is InChI=1S/C28H40F2/c1-3-7-21-11-13-23(14-12-21)9-5-6-10-25-19-20-26(28(30)27(25)29)24-17-15-22(8-4-2)16-18-24/h3,5,7,9,19-24H,4,6,8,10-18H2,1-2H3/b7-3+,9-5+. The van der Waals surface area contributed by atoms with Crippen LogP contribution >= 0.6 is 0 Å². The third-order valence-corrected chi connectivity index (χ3v) is 7.45. The first-order valence-electron chi connectivity index (χ1n) is 12.4. The predicted octanol–water partition coefficient (Wildman–Crippen LogP) is 8.91. The molecule has 1 aromatic rings. The average Bonchev–Trinajstić information content (AvgIpc) is 2.76. The van der Waals surface area contributed by atoms with Gasteiger partial charge in [0.15, 0.2) is 11.6 Å². The van der Waals surface area contributed by atoms with E-state index in [1.165, 1.54) is 38.5 Å². The molecule has 0 radical (unpaired) electrons. The third kappa shape index (κ3) is 6.28. The number of hydrogen-bond acceptors (Lipinski definition) is 0. The molecule has 30 heavy (non-hydrogen) atoms. The summed E-state index contributed by atoms with van der Waals surface area (Å²) >= 11 is 0. The first-order chi connectivity index (χ1) is 14.6. The van der Waals surface area contributed by atoms with Gasteiger partial charge in [0.25, 0.3) is 0 Å². The van der Waals surface area contributed by atoms with Crippen molar-refractivity contribution in [3.05, 3.63) is 59.2 Å². The molecule has 2 heteroatoms.